The molecule has 1 aromatic carbocycles. The Morgan fingerprint density at radius 3 is 2.67 bits per heavy atom. The maximum atomic E-state index is 11.9. The third-order valence-corrected chi connectivity index (χ3v) is 4.23. The third kappa shape index (κ3) is 4.61. The van der Waals surface area contributed by atoms with E-state index in [9.17, 15) is 9.90 Å². The van der Waals surface area contributed by atoms with E-state index in [0.29, 0.717) is 10.6 Å². The predicted octanol–water partition coefficient (Wildman–Crippen LogP) is 3.82. The maximum Gasteiger partial charge on any atom is 0.407 e. The average Bonchev–Trinajstić information content (AvgIpc) is 2.48. The number of amides is 1. The normalized spacial score (nSPS) is 18.8. The highest BCUT2D eigenvalue weighted by Gasteiger charge is 2.24. The lowest BCUT2D eigenvalue weighted by Crippen LogP contribution is -2.38. The van der Waals surface area contributed by atoms with Crippen molar-refractivity contribution in [2.24, 2.45) is 0 Å². The van der Waals surface area contributed by atoms with Crippen LogP contribution in [0.5, 0.6) is 0 Å². The fourth-order valence-electron chi connectivity index (χ4n) is 2.65. The summed E-state index contributed by atoms with van der Waals surface area (Å²) in [6.45, 7) is 1.66. The largest absolute Gasteiger partial charge is 0.443 e. The van der Waals surface area contributed by atoms with Gasteiger partial charge in [0.15, 0.2) is 0 Å². The molecule has 0 saturated heterocycles. The van der Waals surface area contributed by atoms with Gasteiger partial charge in [-0.1, -0.05) is 49.1 Å². The molecule has 0 spiro atoms. The summed E-state index contributed by atoms with van der Waals surface area (Å²) in [6.07, 6.45) is 3.44. The van der Waals surface area contributed by atoms with E-state index >= 15 is 0 Å². The third-order valence-electron chi connectivity index (χ3n) is 3.89. The molecule has 2 N–H and O–H groups in total. The molecule has 1 aromatic rings. The molecule has 0 heterocycles. The molecule has 0 aliphatic heterocycles. The van der Waals surface area contributed by atoms with Gasteiger partial charge < -0.3 is 15.2 Å². The number of aliphatic hydroxyl groups is 1. The van der Waals surface area contributed by atoms with Gasteiger partial charge in [-0.2, -0.15) is 0 Å². The van der Waals surface area contributed by atoms with Crippen molar-refractivity contribution in [3.05, 3.63) is 34.9 Å². The molecule has 0 bridgehead atoms. The van der Waals surface area contributed by atoms with Gasteiger partial charge in [-0.15, -0.1) is 0 Å². The van der Waals surface area contributed by atoms with Crippen molar-refractivity contribution >= 4 is 17.7 Å². The van der Waals surface area contributed by atoms with Crippen LogP contribution in [0, 0.1) is 0 Å². The average molecular weight is 312 g/mol. The zero-order valence-electron chi connectivity index (χ0n) is 12.2. The minimum absolute atomic E-state index is 0.191. The topological polar surface area (TPSA) is 58.6 Å². The fraction of sp³-hybridized carbons (Fsp3) is 0.562. The fourth-order valence-corrected chi connectivity index (χ4v) is 2.90. The standard InChI is InChI=1S/C16H22ClNO3/c1-11(15(19)13-9-5-6-10-14(13)17)21-16(20)18-12-7-3-2-4-8-12/h5-6,9-12,15,19H,2-4,7-8H2,1H3,(H,18,20). The van der Waals surface area contributed by atoms with Crippen LogP contribution >= 0.6 is 11.6 Å². The van der Waals surface area contributed by atoms with Gasteiger partial charge in [0.05, 0.1) is 0 Å². The first kappa shape index (κ1) is 16.1. The van der Waals surface area contributed by atoms with Crippen LogP contribution in [-0.2, 0) is 4.74 Å². The molecule has 2 unspecified atom stereocenters. The Kier molecular flexibility index (Phi) is 5.88. The number of hydrogen-bond donors (Lipinski definition) is 2. The second-order valence-corrected chi connectivity index (χ2v) is 5.96. The quantitative estimate of drug-likeness (QED) is 0.888. The lowest BCUT2D eigenvalue weighted by molar-refractivity contribution is 0.0103. The van der Waals surface area contributed by atoms with Crippen molar-refractivity contribution in [1.29, 1.82) is 0 Å². The van der Waals surface area contributed by atoms with E-state index in [0.717, 1.165) is 25.7 Å². The van der Waals surface area contributed by atoms with E-state index in [2.05, 4.69) is 5.32 Å². The Balaban J connectivity index is 1.86. The number of nitrogens with one attached hydrogen (secondary N) is 1. The molecule has 21 heavy (non-hydrogen) atoms. The summed E-state index contributed by atoms with van der Waals surface area (Å²) in [5.74, 6) is 0. The van der Waals surface area contributed by atoms with Crippen molar-refractivity contribution in [3.8, 4) is 0 Å². The van der Waals surface area contributed by atoms with Crippen molar-refractivity contribution in [2.75, 3.05) is 0 Å². The van der Waals surface area contributed by atoms with E-state index in [1.807, 2.05) is 0 Å². The molecule has 1 aliphatic rings. The Hall–Kier alpha value is -1.26. The summed E-state index contributed by atoms with van der Waals surface area (Å²) in [4.78, 5) is 11.9. The molecule has 116 valence electrons. The molecular weight excluding hydrogens is 290 g/mol. The molecule has 0 aromatic heterocycles. The number of halogens is 1. The van der Waals surface area contributed by atoms with Gasteiger partial charge in [0.1, 0.15) is 12.2 Å². The van der Waals surface area contributed by atoms with Gasteiger partial charge in [0, 0.05) is 16.6 Å². The second-order valence-electron chi connectivity index (χ2n) is 5.56. The summed E-state index contributed by atoms with van der Waals surface area (Å²) in [5.41, 5.74) is 0.567. The Bertz CT molecular complexity index is 474. The number of carbonyl (C=O) groups excluding carboxylic acids is 1. The summed E-state index contributed by atoms with van der Waals surface area (Å²) >= 11 is 6.04. The Morgan fingerprint density at radius 2 is 2.00 bits per heavy atom. The van der Waals surface area contributed by atoms with E-state index in [-0.39, 0.29) is 6.04 Å². The lowest BCUT2D eigenvalue weighted by atomic mass is 9.96. The molecule has 1 aliphatic carbocycles. The first-order chi connectivity index (χ1) is 10.1. The molecule has 1 fully saturated rings. The van der Waals surface area contributed by atoms with Crippen LogP contribution in [0.25, 0.3) is 0 Å². The molecule has 4 nitrogen and oxygen atoms in total. The SMILES string of the molecule is CC(OC(=O)NC1CCCCC1)C(O)c1ccccc1Cl. The summed E-state index contributed by atoms with van der Waals surface area (Å²) in [6, 6.07) is 7.20. The molecule has 5 heteroatoms. The van der Waals surface area contributed by atoms with Crippen LogP contribution in [0.2, 0.25) is 5.02 Å². The molecular formula is C16H22ClNO3. The van der Waals surface area contributed by atoms with Gasteiger partial charge in [-0.3, -0.25) is 0 Å². The molecule has 0 radical (unpaired) electrons. The molecule has 1 saturated carbocycles. The number of carbonyl (C=O) groups is 1. The number of ether oxygens (including phenoxy) is 1. The van der Waals surface area contributed by atoms with Crippen molar-refractivity contribution < 1.29 is 14.6 Å². The maximum absolute atomic E-state index is 11.9. The molecule has 2 atom stereocenters. The van der Waals surface area contributed by atoms with Crippen LogP contribution in [0.4, 0.5) is 4.79 Å². The van der Waals surface area contributed by atoms with Crippen molar-refractivity contribution in [3.63, 3.8) is 0 Å². The van der Waals surface area contributed by atoms with E-state index in [1.165, 1.54) is 6.42 Å². The Labute approximate surface area is 130 Å². The number of rotatable bonds is 4. The summed E-state index contributed by atoms with van der Waals surface area (Å²) in [7, 11) is 0. The van der Waals surface area contributed by atoms with Crippen molar-refractivity contribution in [2.45, 2.75) is 57.3 Å². The zero-order valence-corrected chi connectivity index (χ0v) is 13.0. The lowest BCUT2D eigenvalue weighted by Gasteiger charge is -2.25. The van der Waals surface area contributed by atoms with Gasteiger partial charge in [-0.25, -0.2) is 4.79 Å². The van der Waals surface area contributed by atoms with Gasteiger partial charge >= 0.3 is 6.09 Å². The first-order valence-corrected chi connectivity index (χ1v) is 7.85. The van der Waals surface area contributed by atoms with Crippen LogP contribution in [-0.4, -0.2) is 23.3 Å². The van der Waals surface area contributed by atoms with E-state index in [4.69, 9.17) is 16.3 Å². The Morgan fingerprint density at radius 1 is 1.33 bits per heavy atom. The summed E-state index contributed by atoms with van der Waals surface area (Å²) in [5, 5.41) is 13.6. The van der Waals surface area contributed by atoms with Crippen LogP contribution in [0.15, 0.2) is 24.3 Å². The van der Waals surface area contributed by atoms with Gasteiger partial charge in [0.25, 0.3) is 0 Å². The van der Waals surface area contributed by atoms with E-state index in [1.54, 1.807) is 31.2 Å². The summed E-state index contributed by atoms with van der Waals surface area (Å²) < 4.78 is 5.27. The van der Waals surface area contributed by atoms with E-state index < -0.39 is 18.3 Å². The highest BCUT2D eigenvalue weighted by molar-refractivity contribution is 6.31. The number of hydrogen-bond acceptors (Lipinski definition) is 3. The second kappa shape index (κ2) is 7.66. The van der Waals surface area contributed by atoms with Crippen molar-refractivity contribution in [1.82, 2.24) is 5.32 Å². The zero-order chi connectivity index (χ0) is 15.2. The highest BCUT2D eigenvalue weighted by Crippen LogP contribution is 2.26. The highest BCUT2D eigenvalue weighted by atomic mass is 35.5. The van der Waals surface area contributed by atoms with Gasteiger partial charge in [-0.05, 0) is 25.8 Å². The minimum Gasteiger partial charge on any atom is -0.443 e. The number of aliphatic hydroxyl groups excluding tert-OH is 1. The monoisotopic (exact) mass is 311 g/mol. The predicted molar refractivity (Wildman–Crippen MR) is 82.4 cm³/mol. The first-order valence-electron chi connectivity index (χ1n) is 7.47. The van der Waals surface area contributed by atoms with Crippen LogP contribution < -0.4 is 5.32 Å². The smallest absolute Gasteiger partial charge is 0.407 e. The minimum atomic E-state index is -0.934. The molecule has 2 rings (SSSR count). The number of alkyl carbamates (subject to hydrolysis) is 1. The number of benzene rings is 1. The van der Waals surface area contributed by atoms with Gasteiger partial charge in [0.2, 0.25) is 0 Å². The van der Waals surface area contributed by atoms with Crippen LogP contribution in [0.3, 0.4) is 0 Å². The van der Waals surface area contributed by atoms with Crippen LogP contribution in [0.1, 0.15) is 50.7 Å². The molecule has 1 amide bonds.